The first kappa shape index (κ1) is 25.8. The molecule has 0 bridgehead atoms. The van der Waals surface area contributed by atoms with Gasteiger partial charge >= 0.3 is 5.97 Å². The summed E-state index contributed by atoms with van der Waals surface area (Å²) in [5, 5.41) is 3.36. The number of esters is 1. The van der Waals surface area contributed by atoms with Gasteiger partial charge in [0.05, 0.1) is 28.6 Å². The number of aromatic nitrogens is 2. The number of anilines is 1. The van der Waals surface area contributed by atoms with Crippen molar-refractivity contribution in [3.8, 4) is 0 Å². The lowest BCUT2D eigenvalue weighted by molar-refractivity contribution is 0.0526. The molecule has 9 heteroatoms. The minimum Gasteiger partial charge on any atom is -0.462 e. The number of halogens is 1. The molecule has 0 amide bonds. The first-order valence-electron chi connectivity index (χ1n) is 12.1. The first-order valence-corrected chi connectivity index (χ1v) is 13.9. The molecule has 0 saturated heterocycles. The third kappa shape index (κ3) is 4.61. The Balaban J connectivity index is 1.63. The minimum absolute atomic E-state index is 0.0443. The lowest BCUT2D eigenvalue weighted by Gasteiger charge is -2.26. The van der Waals surface area contributed by atoms with E-state index in [4.69, 9.17) is 16.3 Å². The summed E-state index contributed by atoms with van der Waals surface area (Å²) in [6, 6.07) is 19.2. The molecule has 0 unspecified atom stereocenters. The Hall–Kier alpha value is -3.88. The van der Waals surface area contributed by atoms with Crippen molar-refractivity contribution >= 4 is 55.1 Å². The van der Waals surface area contributed by atoms with Gasteiger partial charge in [0.2, 0.25) is 0 Å². The summed E-state index contributed by atoms with van der Waals surface area (Å²) in [5.41, 5.74) is 2.70. The highest BCUT2D eigenvalue weighted by Gasteiger charge is 2.29. The molecule has 3 aromatic carbocycles. The Kier molecular flexibility index (Phi) is 6.86. The van der Waals surface area contributed by atoms with Crippen LogP contribution in [-0.2, 0) is 28.4 Å². The highest BCUT2D eigenvalue weighted by atomic mass is 35.5. The van der Waals surface area contributed by atoms with Crippen LogP contribution in [0.25, 0.3) is 21.7 Å². The van der Waals surface area contributed by atoms with Gasteiger partial charge in [-0.1, -0.05) is 48.0 Å². The normalized spacial score (nSPS) is 11.7. The summed E-state index contributed by atoms with van der Waals surface area (Å²) < 4.78 is 36.5. The third-order valence-corrected chi connectivity index (χ3v) is 8.60. The number of hydrogen-bond donors (Lipinski definition) is 0. The van der Waals surface area contributed by atoms with Gasteiger partial charge in [0.1, 0.15) is 5.82 Å². The quantitative estimate of drug-likeness (QED) is 0.225. The van der Waals surface area contributed by atoms with E-state index >= 15 is 0 Å². The zero-order valence-electron chi connectivity index (χ0n) is 21.2. The molecular formula is C29H26ClN3O4S. The molecule has 0 spiro atoms. The maximum atomic E-state index is 14.1. The zero-order valence-corrected chi connectivity index (χ0v) is 22.8. The lowest BCUT2D eigenvalue weighted by atomic mass is 10.1. The van der Waals surface area contributed by atoms with Gasteiger partial charge in [-0.05, 0) is 55.1 Å². The van der Waals surface area contributed by atoms with Crippen LogP contribution in [0.4, 0.5) is 5.82 Å². The maximum Gasteiger partial charge on any atom is 0.338 e. The second-order valence-corrected chi connectivity index (χ2v) is 11.3. The van der Waals surface area contributed by atoms with Crippen LogP contribution in [-0.4, -0.2) is 30.5 Å². The Labute approximate surface area is 226 Å². The van der Waals surface area contributed by atoms with Crippen molar-refractivity contribution in [3.63, 3.8) is 0 Å². The Bertz CT molecular complexity index is 1780. The van der Waals surface area contributed by atoms with E-state index in [0.29, 0.717) is 10.8 Å². The summed E-state index contributed by atoms with van der Waals surface area (Å²) in [5.74, 6) is -0.168. The molecule has 0 aliphatic carbocycles. The summed E-state index contributed by atoms with van der Waals surface area (Å²) in [6.45, 7) is 3.87. The number of carbonyl (C=O) groups excluding carboxylic acids is 1. The third-order valence-electron chi connectivity index (χ3n) is 6.55. The van der Waals surface area contributed by atoms with E-state index in [0.717, 1.165) is 32.8 Å². The lowest BCUT2D eigenvalue weighted by Crippen LogP contribution is -2.32. The predicted octanol–water partition coefficient (Wildman–Crippen LogP) is 6.26. The number of sulfonamides is 1. The second-order valence-electron chi connectivity index (χ2n) is 8.99. The summed E-state index contributed by atoms with van der Waals surface area (Å²) in [7, 11) is -2.18. The van der Waals surface area contributed by atoms with Crippen molar-refractivity contribution in [2.24, 2.45) is 7.05 Å². The van der Waals surface area contributed by atoms with E-state index in [1.807, 2.05) is 67.2 Å². The van der Waals surface area contributed by atoms with Crippen molar-refractivity contribution in [1.82, 2.24) is 9.55 Å². The Morgan fingerprint density at radius 3 is 2.53 bits per heavy atom. The van der Waals surface area contributed by atoms with Gasteiger partial charge in [-0.2, -0.15) is 0 Å². The van der Waals surface area contributed by atoms with Crippen molar-refractivity contribution in [1.29, 1.82) is 0 Å². The molecule has 2 heterocycles. The topological polar surface area (TPSA) is 81.5 Å². The zero-order chi connectivity index (χ0) is 27.0. The molecule has 0 atom stereocenters. The van der Waals surface area contributed by atoms with Gasteiger partial charge in [0, 0.05) is 41.3 Å². The molecule has 0 N–H and O–H groups in total. The summed E-state index contributed by atoms with van der Waals surface area (Å²) in [4.78, 5) is 16.7. The minimum atomic E-state index is -4.07. The fourth-order valence-electron chi connectivity index (χ4n) is 4.57. The van der Waals surface area contributed by atoms with Crippen molar-refractivity contribution in [2.45, 2.75) is 25.3 Å². The van der Waals surface area contributed by atoms with Crippen LogP contribution in [0.5, 0.6) is 0 Å². The van der Waals surface area contributed by atoms with E-state index in [-0.39, 0.29) is 23.6 Å². The summed E-state index contributed by atoms with van der Waals surface area (Å²) >= 11 is 6.35. The number of pyridine rings is 1. The Morgan fingerprint density at radius 1 is 1.05 bits per heavy atom. The highest BCUT2D eigenvalue weighted by Crippen LogP contribution is 2.33. The molecule has 0 aliphatic heterocycles. The number of nitrogens with zero attached hydrogens (tertiary/aromatic N) is 3. The van der Waals surface area contributed by atoms with Crippen LogP contribution >= 0.6 is 11.6 Å². The van der Waals surface area contributed by atoms with Crippen LogP contribution in [0.1, 0.15) is 28.4 Å². The van der Waals surface area contributed by atoms with E-state index < -0.39 is 16.0 Å². The second kappa shape index (κ2) is 10.1. The van der Waals surface area contributed by atoms with Gasteiger partial charge in [-0.15, -0.1) is 0 Å². The van der Waals surface area contributed by atoms with Crippen LogP contribution in [0.15, 0.2) is 84.0 Å². The number of ether oxygens (including phenoxy) is 1. The van der Waals surface area contributed by atoms with E-state index in [2.05, 4.69) is 4.98 Å². The number of aryl methyl sites for hydroxylation is 2. The monoisotopic (exact) mass is 547 g/mol. The van der Waals surface area contributed by atoms with Crippen molar-refractivity contribution in [3.05, 3.63) is 101 Å². The molecule has 0 fully saturated rings. The first-order chi connectivity index (χ1) is 18.2. The summed E-state index contributed by atoms with van der Waals surface area (Å²) in [6.07, 6.45) is 3.51. The van der Waals surface area contributed by atoms with Gasteiger partial charge < -0.3 is 9.30 Å². The average molecular weight is 548 g/mol. The van der Waals surface area contributed by atoms with Gasteiger partial charge in [-0.25, -0.2) is 22.5 Å². The van der Waals surface area contributed by atoms with Crippen LogP contribution in [0.3, 0.4) is 0 Å². The van der Waals surface area contributed by atoms with Crippen LogP contribution in [0.2, 0.25) is 5.02 Å². The van der Waals surface area contributed by atoms with E-state index in [1.54, 1.807) is 13.1 Å². The molecule has 38 heavy (non-hydrogen) atoms. The number of fused-ring (bicyclic) bond motifs is 2. The van der Waals surface area contributed by atoms with Crippen LogP contribution < -0.4 is 4.31 Å². The van der Waals surface area contributed by atoms with Gasteiger partial charge in [0.15, 0.2) is 0 Å². The molecule has 0 aliphatic rings. The molecule has 194 valence electrons. The molecule has 0 saturated carbocycles. The molecule has 7 nitrogen and oxygen atoms in total. The highest BCUT2D eigenvalue weighted by molar-refractivity contribution is 7.92. The largest absolute Gasteiger partial charge is 0.462 e. The van der Waals surface area contributed by atoms with E-state index in [1.165, 1.54) is 28.6 Å². The SMILES string of the molecule is CCOC(=O)c1ccc(S(=O)(=O)N(Cc2ccc3c(Cl)cn(C)c3c2)c2ncc3ccccc3c2C)cc1. The molecular weight excluding hydrogens is 522 g/mol. The van der Waals surface area contributed by atoms with Crippen LogP contribution in [0, 0.1) is 6.92 Å². The van der Waals surface area contributed by atoms with Gasteiger partial charge in [-0.3, -0.25) is 0 Å². The maximum absolute atomic E-state index is 14.1. The van der Waals surface area contributed by atoms with Crippen molar-refractivity contribution in [2.75, 3.05) is 10.9 Å². The fourth-order valence-corrected chi connectivity index (χ4v) is 6.34. The van der Waals surface area contributed by atoms with Crippen molar-refractivity contribution < 1.29 is 17.9 Å². The molecule has 5 aromatic rings. The smallest absolute Gasteiger partial charge is 0.338 e. The predicted molar refractivity (Wildman–Crippen MR) is 150 cm³/mol. The number of rotatable bonds is 7. The number of carbonyl (C=O) groups is 1. The molecule has 5 rings (SSSR count). The molecule has 0 radical (unpaired) electrons. The Morgan fingerprint density at radius 2 is 1.79 bits per heavy atom. The average Bonchev–Trinajstić information content (AvgIpc) is 3.20. The number of benzene rings is 3. The standard InChI is InChI=1S/C29H26ClN3O4S/c1-4-37-29(34)21-10-12-23(13-11-21)38(35,36)33(28-19(2)24-8-6-5-7-22(24)16-31-28)17-20-9-14-25-26(30)18-32(3)27(25)15-20/h5-16,18H,4,17H2,1-3H3. The van der Waals surface area contributed by atoms with E-state index in [9.17, 15) is 13.2 Å². The molecule has 2 aromatic heterocycles. The fraction of sp³-hybridized carbons (Fsp3) is 0.172. The number of hydrogen-bond acceptors (Lipinski definition) is 5. The van der Waals surface area contributed by atoms with Gasteiger partial charge in [0.25, 0.3) is 10.0 Å².